The molecule has 0 saturated carbocycles. The van der Waals surface area contributed by atoms with E-state index < -0.39 is 0 Å². The van der Waals surface area contributed by atoms with Crippen LogP contribution >= 0.6 is 0 Å². The number of nitrogens with zero attached hydrogens (tertiary/aromatic N) is 1. The van der Waals surface area contributed by atoms with Gasteiger partial charge in [-0.2, -0.15) is 5.10 Å². The van der Waals surface area contributed by atoms with Crippen LogP contribution in [0.25, 0.3) is 11.3 Å². The summed E-state index contributed by atoms with van der Waals surface area (Å²) in [6, 6.07) is 5.67. The van der Waals surface area contributed by atoms with Crippen LogP contribution in [0.5, 0.6) is 11.5 Å². The fraction of sp³-hybridized carbons (Fsp3) is 0.250. The van der Waals surface area contributed by atoms with E-state index >= 15 is 0 Å². The number of benzene rings is 1. The van der Waals surface area contributed by atoms with Gasteiger partial charge in [0.05, 0.1) is 19.9 Å². The molecule has 17 heavy (non-hydrogen) atoms. The Morgan fingerprint density at radius 2 is 1.88 bits per heavy atom. The third-order valence-corrected chi connectivity index (χ3v) is 2.72. The number of methoxy groups -OCH3 is 2. The van der Waals surface area contributed by atoms with Crippen LogP contribution in [0.2, 0.25) is 0 Å². The summed E-state index contributed by atoms with van der Waals surface area (Å²) in [5.74, 6) is 1.88. The van der Waals surface area contributed by atoms with Gasteiger partial charge < -0.3 is 15.2 Å². The summed E-state index contributed by atoms with van der Waals surface area (Å²) in [4.78, 5) is 0. The predicted molar refractivity (Wildman–Crippen MR) is 66.3 cm³/mol. The first-order chi connectivity index (χ1) is 8.17. The lowest BCUT2D eigenvalue weighted by Crippen LogP contribution is -1.91. The molecule has 1 aromatic carbocycles. The number of aromatic amines is 1. The molecule has 0 fully saturated rings. The zero-order valence-corrected chi connectivity index (χ0v) is 10.1. The minimum absolute atomic E-state index is 0.509. The van der Waals surface area contributed by atoms with Crippen LogP contribution in [-0.2, 0) is 0 Å². The van der Waals surface area contributed by atoms with Crippen LogP contribution in [0.3, 0.4) is 0 Å². The van der Waals surface area contributed by atoms with E-state index in [-0.39, 0.29) is 0 Å². The van der Waals surface area contributed by atoms with Crippen molar-refractivity contribution in [1.29, 1.82) is 0 Å². The lowest BCUT2D eigenvalue weighted by atomic mass is 10.1. The van der Waals surface area contributed by atoms with Gasteiger partial charge in [-0.15, -0.1) is 0 Å². The van der Waals surface area contributed by atoms with Crippen molar-refractivity contribution in [2.45, 2.75) is 6.92 Å². The Kier molecular flexibility index (Phi) is 2.91. The highest BCUT2D eigenvalue weighted by atomic mass is 16.5. The summed E-state index contributed by atoms with van der Waals surface area (Å²) in [6.07, 6.45) is 0. The van der Waals surface area contributed by atoms with Gasteiger partial charge in [-0.1, -0.05) is 0 Å². The number of nitrogen functional groups attached to an aromatic ring is 1. The standard InChI is InChI=1S/C12H15N3O2/c1-7-11(14-15-12(7)13)8-4-5-9(16-2)10(6-8)17-3/h4-6H,1-3H3,(H3,13,14,15). The number of anilines is 1. The third kappa shape index (κ3) is 1.91. The number of hydrogen-bond donors (Lipinski definition) is 2. The smallest absolute Gasteiger partial charge is 0.161 e. The van der Waals surface area contributed by atoms with Gasteiger partial charge in [0.2, 0.25) is 0 Å². The summed E-state index contributed by atoms with van der Waals surface area (Å²) in [5, 5.41) is 6.88. The Balaban J connectivity index is 2.50. The van der Waals surface area contributed by atoms with Gasteiger partial charge >= 0.3 is 0 Å². The number of H-pyrrole nitrogens is 1. The number of aromatic nitrogens is 2. The van der Waals surface area contributed by atoms with E-state index in [1.807, 2.05) is 25.1 Å². The van der Waals surface area contributed by atoms with Crippen molar-refractivity contribution in [3.05, 3.63) is 23.8 Å². The molecule has 0 saturated heterocycles. The number of rotatable bonds is 3. The van der Waals surface area contributed by atoms with Gasteiger partial charge in [0, 0.05) is 11.1 Å². The highest BCUT2D eigenvalue weighted by molar-refractivity contribution is 5.70. The van der Waals surface area contributed by atoms with Crippen molar-refractivity contribution in [3.63, 3.8) is 0 Å². The number of nitrogens with two attached hydrogens (primary N) is 1. The highest BCUT2D eigenvalue weighted by Crippen LogP contribution is 2.33. The minimum atomic E-state index is 0.509. The topological polar surface area (TPSA) is 73.2 Å². The monoisotopic (exact) mass is 233 g/mol. The molecule has 90 valence electrons. The molecule has 0 aliphatic carbocycles. The average Bonchev–Trinajstić information content (AvgIpc) is 2.69. The number of hydrogen-bond acceptors (Lipinski definition) is 4. The van der Waals surface area contributed by atoms with Gasteiger partial charge in [-0.25, -0.2) is 0 Å². The Morgan fingerprint density at radius 3 is 2.41 bits per heavy atom. The first-order valence-corrected chi connectivity index (χ1v) is 5.20. The molecule has 0 amide bonds. The lowest BCUT2D eigenvalue weighted by Gasteiger charge is -2.09. The van der Waals surface area contributed by atoms with Crippen molar-refractivity contribution in [2.75, 3.05) is 20.0 Å². The molecule has 0 aliphatic rings. The lowest BCUT2D eigenvalue weighted by molar-refractivity contribution is 0.355. The van der Waals surface area contributed by atoms with E-state index in [4.69, 9.17) is 15.2 Å². The van der Waals surface area contributed by atoms with E-state index in [1.54, 1.807) is 14.2 Å². The van der Waals surface area contributed by atoms with Crippen molar-refractivity contribution in [3.8, 4) is 22.8 Å². The molecule has 2 rings (SSSR count). The van der Waals surface area contributed by atoms with Crippen molar-refractivity contribution in [1.82, 2.24) is 10.2 Å². The molecule has 5 heteroatoms. The maximum Gasteiger partial charge on any atom is 0.161 e. The maximum atomic E-state index is 5.71. The Labute approximate surface area is 99.5 Å². The van der Waals surface area contributed by atoms with Crippen LogP contribution in [0.15, 0.2) is 18.2 Å². The third-order valence-electron chi connectivity index (χ3n) is 2.72. The minimum Gasteiger partial charge on any atom is -0.493 e. The number of ether oxygens (including phenoxy) is 2. The molecule has 1 aromatic heterocycles. The Bertz CT molecular complexity index is 535. The van der Waals surface area contributed by atoms with E-state index in [1.165, 1.54) is 0 Å². The fourth-order valence-electron chi connectivity index (χ4n) is 1.68. The quantitative estimate of drug-likeness (QED) is 0.850. The molecule has 1 heterocycles. The molecule has 3 N–H and O–H groups in total. The maximum absolute atomic E-state index is 5.71. The first kappa shape index (κ1) is 11.3. The van der Waals surface area contributed by atoms with Crippen LogP contribution in [-0.4, -0.2) is 24.4 Å². The highest BCUT2D eigenvalue weighted by Gasteiger charge is 2.11. The molecular weight excluding hydrogens is 218 g/mol. The molecule has 0 bridgehead atoms. The molecule has 2 aromatic rings. The Hall–Kier alpha value is -2.17. The molecule has 5 nitrogen and oxygen atoms in total. The van der Waals surface area contributed by atoms with Crippen molar-refractivity contribution in [2.24, 2.45) is 0 Å². The van der Waals surface area contributed by atoms with Gasteiger partial charge in [0.15, 0.2) is 11.5 Å². The summed E-state index contributed by atoms with van der Waals surface area (Å²) in [7, 11) is 3.22. The van der Waals surface area contributed by atoms with Crippen LogP contribution in [0.4, 0.5) is 5.82 Å². The van der Waals surface area contributed by atoms with Crippen LogP contribution in [0, 0.1) is 6.92 Å². The summed E-state index contributed by atoms with van der Waals surface area (Å²) in [5.41, 5.74) is 8.49. The second-order valence-corrected chi connectivity index (χ2v) is 3.68. The van der Waals surface area contributed by atoms with Gasteiger partial charge in [0.25, 0.3) is 0 Å². The Morgan fingerprint density at radius 1 is 1.18 bits per heavy atom. The van der Waals surface area contributed by atoms with Crippen molar-refractivity contribution >= 4 is 5.82 Å². The average molecular weight is 233 g/mol. The van der Waals surface area contributed by atoms with E-state index in [0.717, 1.165) is 16.8 Å². The molecule has 0 aliphatic heterocycles. The van der Waals surface area contributed by atoms with Crippen LogP contribution in [0.1, 0.15) is 5.56 Å². The summed E-state index contributed by atoms with van der Waals surface area (Å²) in [6.45, 7) is 1.92. The SMILES string of the molecule is COc1ccc(-c2[nH]nc(N)c2C)cc1OC. The zero-order chi connectivity index (χ0) is 12.4. The van der Waals surface area contributed by atoms with E-state index in [9.17, 15) is 0 Å². The fourth-order valence-corrected chi connectivity index (χ4v) is 1.68. The van der Waals surface area contributed by atoms with Gasteiger partial charge in [-0.3, -0.25) is 5.10 Å². The zero-order valence-electron chi connectivity index (χ0n) is 10.1. The summed E-state index contributed by atoms with van der Waals surface area (Å²) >= 11 is 0. The normalized spacial score (nSPS) is 10.3. The number of nitrogens with one attached hydrogen (secondary N) is 1. The largest absolute Gasteiger partial charge is 0.493 e. The summed E-state index contributed by atoms with van der Waals surface area (Å²) < 4.78 is 10.4. The first-order valence-electron chi connectivity index (χ1n) is 5.20. The van der Waals surface area contributed by atoms with Gasteiger partial charge in [0.1, 0.15) is 5.82 Å². The molecule has 0 spiro atoms. The van der Waals surface area contributed by atoms with E-state index in [0.29, 0.717) is 17.3 Å². The molecule has 0 atom stereocenters. The molecular formula is C12H15N3O2. The van der Waals surface area contributed by atoms with Crippen molar-refractivity contribution < 1.29 is 9.47 Å². The molecule has 0 unspecified atom stereocenters. The predicted octanol–water partition coefficient (Wildman–Crippen LogP) is 1.98. The second kappa shape index (κ2) is 4.37. The second-order valence-electron chi connectivity index (χ2n) is 3.68. The van der Waals surface area contributed by atoms with E-state index in [2.05, 4.69) is 10.2 Å². The van der Waals surface area contributed by atoms with Crippen LogP contribution < -0.4 is 15.2 Å². The van der Waals surface area contributed by atoms with Gasteiger partial charge in [-0.05, 0) is 25.1 Å². The molecule has 0 radical (unpaired) electrons.